The van der Waals surface area contributed by atoms with Crippen LogP contribution in [0.2, 0.25) is 0 Å². The van der Waals surface area contributed by atoms with Gasteiger partial charge in [0.25, 0.3) is 0 Å². The zero-order valence-electron chi connectivity index (χ0n) is 10.4. The van der Waals surface area contributed by atoms with Crippen LogP contribution in [-0.2, 0) is 6.54 Å². The second-order valence-electron chi connectivity index (χ2n) is 4.69. The van der Waals surface area contributed by atoms with Crippen LogP contribution in [0.4, 0.5) is 0 Å². The van der Waals surface area contributed by atoms with Gasteiger partial charge in [-0.05, 0) is 36.4 Å². The van der Waals surface area contributed by atoms with Crippen molar-refractivity contribution in [3.63, 3.8) is 0 Å². The molecule has 0 saturated heterocycles. The molecule has 20 heavy (non-hydrogen) atoms. The van der Waals surface area contributed by atoms with Crippen molar-refractivity contribution in [3.05, 3.63) is 45.3 Å². The van der Waals surface area contributed by atoms with Crippen LogP contribution < -0.4 is 0 Å². The highest BCUT2D eigenvalue weighted by molar-refractivity contribution is 9.10. The summed E-state index contributed by atoms with van der Waals surface area (Å²) in [7, 11) is 0. The van der Waals surface area contributed by atoms with Crippen LogP contribution in [-0.4, -0.2) is 15.8 Å². The van der Waals surface area contributed by atoms with Crippen molar-refractivity contribution in [3.8, 4) is 0 Å². The third-order valence-corrected chi connectivity index (χ3v) is 5.15. The largest absolute Gasteiger partial charge is 0.339 e. The topological polar surface area (TPSA) is 4.93 Å². The molecular formula is C15H11Br2Cl2N. The molecule has 104 valence electrons. The van der Waals surface area contributed by atoms with Crippen LogP contribution in [0.1, 0.15) is 0 Å². The molecule has 0 unspecified atom stereocenters. The Bertz CT molecular complexity index is 723. The Kier molecular flexibility index (Phi) is 4.32. The normalized spacial score (nSPS) is 13.2. The first-order valence-electron chi connectivity index (χ1n) is 6.17. The molecular weight excluding hydrogens is 425 g/mol. The molecule has 0 amide bonds. The van der Waals surface area contributed by atoms with E-state index in [1.807, 2.05) is 0 Å². The zero-order valence-corrected chi connectivity index (χ0v) is 15.1. The first kappa shape index (κ1) is 14.7. The van der Waals surface area contributed by atoms with Crippen LogP contribution in [0.5, 0.6) is 0 Å². The van der Waals surface area contributed by atoms with Gasteiger partial charge in [-0.2, -0.15) is 0 Å². The molecule has 0 bridgehead atoms. The average molecular weight is 436 g/mol. The van der Waals surface area contributed by atoms with Gasteiger partial charge in [0.15, 0.2) is 0 Å². The number of rotatable bonds is 3. The molecule has 0 fully saturated rings. The van der Waals surface area contributed by atoms with Crippen molar-refractivity contribution in [2.75, 3.05) is 5.88 Å². The van der Waals surface area contributed by atoms with E-state index in [0.29, 0.717) is 12.4 Å². The molecule has 0 radical (unpaired) electrons. The Labute approximate surface area is 144 Å². The van der Waals surface area contributed by atoms with Gasteiger partial charge in [0.05, 0.1) is 5.38 Å². The van der Waals surface area contributed by atoms with Crippen LogP contribution in [0.3, 0.4) is 0 Å². The average Bonchev–Trinajstić information content (AvgIpc) is 2.72. The maximum Gasteiger partial charge on any atom is 0.0650 e. The van der Waals surface area contributed by atoms with Gasteiger partial charge >= 0.3 is 0 Å². The van der Waals surface area contributed by atoms with Crippen LogP contribution in [0.25, 0.3) is 21.8 Å². The number of fused-ring (bicyclic) bond motifs is 3. The summed E-state index contributed by atoms with van der Waals surface area (Å²) in [5.74, 6) is 0.440. The van der Waals surface area contributed by atoms with E-state index in [4.69, 9.17) is 23.2 Å². The van der Waals surface area contributed by atoms with E-state index in [2.05, 4.69) is 72.8 Å². The molecule has 3 aromatic rings. The third-order valence-electron chi connectivity index (χ3n) is 3.34. The standard InChI is InChI=1S/C15H11Br2Cl2N/c16-9-1-3-14-12(5-9)13-6-10(17)2-4-15(13)20(14)8-11(19)7-18/h1-6,11H,7-8H2/t11-/m0/s1. The number of hydrogen-bond acceptors (Lipinski definition) is 0. The second-order valence-corrected chi connectivity index (χ2v) is 7.44. The van der Waals surface area contributed by atoms with E-state index in [1.165, 1.54) is 21.8 Å². The number of nitrogens with zero attached hydrogens (tertiary/aromatic N) is 1. The molecule has 0 aliphatic heterocycles. The number of aromatic nitrogens is 1. The number of hydrogen-bond donors (Lipinski definition) is 0. The van der Waals surface area contributed by atoms with Crippen molar-refractivity contribution < 1.29 is 0 Å². The first-order chi connectivity index (χ1) is 9.60. The Hall–Kier alpha value is -0.220. The Balaban J connectivity index is 2.34. The molecule has 1 nitrogen and oxygen atoms in total. The van der Waals surface area contributed by atoms with Crippen molar-refractivity contribution in [1.82, 2.24) is 4.57 Å². The number of benzene rings is 2. The lowest BCUT2D eigenvalue weighted by Gasteiger charge is -2.10. The van der Waals surface area contributed by atoms with E-state index in [9.17, 15) is 0 Å². The highest BCUT2D eigenvalue weighted by atomic mass is 79.9. The van der Waals surface area contributed by atoms with Gasteiger partial charge in [0, 0.05) is 43.2 Å². The monoisotopic (exact) mass is 433 g/mol. The summed E-state index contributed by atoms with van der Waals surface area (Å²) in [4.78, 5) is 0. The van der Waals surface area contributed by atoms with Gasteiger partial charge in [0.2, 0.25) is 0 Å². The Morgan fingerprint density at radius 2 is 1.45 bits per heavy atom. The minimum atomic E-state index is -0.0808. The molecule has 5 heteroatoms. The number of halogens is 4. The summed E-state index contributed by atoms with van der Waals surface area (Å²) in [5, 5.41) is 2.35. The first-order valence-corrected chi connectivity index (χ1v) is 8.73. The lowest BCUT2D eigenvalue weighted by Crippen LogP contribution is -2.11. The smallest absolute Gasteiger partial charge is 0.0650 e. The minimum absolute atomic E-state index is 0.0808. The van der Waals surface area contributed by atoms with Gasteiger partial charge in [-0.1, -0.05) is 31.9 Å². The zero-order chi connectivity index (χ0) is 14.3. The van der Waals surface area contributed by atoms with Gasteiger partial charge in [0.1, 0.15) is 0 Å². The van der Waals surface area contributed by atoms with Crippen LogP contribution in [0.15, 0.2) is 45.3 Å². The molecule has 1 aromatic heterocycles. The molecule has 0 aliphatic rings. The summed E-state index contributed by atoms with van der Waals surface area (Å²) in [5.41, 5.74) is 2.36. The highest BCUT2D eigenvalue weighted by Crippen LogP contribution is 2.33. The molecule has 1 heterocycles. The van der Waals surface area contributed by atoms with E-state index >= 15 is 0 Å². The molecule has 3 rings (SSSR count). The van der Waals surface area contributed by atoms with Gasteiger partial charge in [-0.3, -0.25) is 0 Å². The lowest BCUT2D eigenvalue weighted by molar-refractivity contribution is 0.735. The van der Waals surface area contributed by atoms with Crippen molar-refractivity contribution in [2.24, 2.45) is 0 Å². The molecule has 0 N–H and O–H groups in total. The van der Waals surface area contributed by atoms with Crippen LogP contribution >= 0.6 is 55.1 Å². The fraction of sp³-hybridized carbons (Fsp3) is 0.200. The molecule has 1 atom stereocenters. The molecule has 0 spiro atoms. The molecule has 0 saturated carbocycles. The summed E-state index contributed by atoms with van der Waals surface area (Å²) < 4.78 is 4.39. The van der Waals surface area contributed by atoms with Gasteiger partial charge in [-0.15, -0.1) is 23.2 Å². The summed E-state index contributed by atoms with van der Waals surface area (Å²) in [6, 6.07) is 12.6. The van der Waals surface area contributed by atoms with Crippen LogP contribution in [0, 0.1) is 0 Å². The second kappa shape index (κ2) is 5.88. The van der Waals surface area contributed by atoms with E-state index in [0.717, 1.165) is 8.95 Å². The van der Waals surface area contributed by atoms with E-state index < -0.39 is 0 Å². The fourth-order valence-electron chi connectivity index (χ4n) is 2.49. The predicted molar refractivity (Wildman–Crippen MR) is 95.2 cm³/mol. The highest BCUT2D eigenvalue weighted by Gasteiger charge is 2.14. The summed E-state index contributed by atoms with van der Waals surface area (Å²) in [6.07, 6.45) is 0. The lowest BCUT2D eigenvalue weighted by atomic mass is 10.2. The Morgan fingerprint density at radius 1 is 0.950 bits per heavy atom. The number of alkyl halides is 2. The quantitative estimate of drug-likeness (QED) is 0.434. The van der Waals surface area contributed by atoms with Crippen molar-refractivity contribution in [1.29, 1.82) is 0 Å². The predicted octanol–water partition coefficient (Wildman–Crippen LogP) is 6.17. The van der Waals surface area contributed by atoms with Crippen molar-refractivity contribution >= 4 is 76.9 Å². The third kappa shape index (κ3) is 2.61. The molecule has 2 aromatic carbocycles. The van der Waals surface area contributed by atoms with E-state index in [-0.39, 0.29) is 5.38 Å². The van der Waals surface area contributed by atoms with Crippen molar-refractivity contribution in [2.45, 2.75) is 11.9 Å². The van der Waals surface area contributed by atoms with E-state index in [1.54, 1.807) is 0 Å². The minimum Gasteiger partial charge on any atom is -0.339 e. The van der Waals surface area contributed by atoms with Gasteiger partial charge < -0.3 is 4.57 Å². The molecule has 0 aliphatic carbocycles. The Morgan fingerprint density at radius 3 is 1.90 bits per heavy atom. The SMILES string of the molecule is ClC[C@H](Cl)Cn1c2ccc(Br)cc2c2cc(Br)ccc21. The summed E-state index contributed by atoms with van der Waals surface area (Å²) >= 11 is 19.2. The maximum atomic E-state index is 6.25. The maximum absolute atomic E-state index is 6.25. The van der Waals surface area contributed by atoms with Gasteiger partial charge in [-0.25, -0.2) is 0 Å². The fourth-order valence-corrected chi connectivity index (χ4v) is 3.45. The summed E-state index contributed by atoms with van der Waals surface area (Å²) in [6.45, 7) is 0.703.